The van der Waals surface area contributed by atoms with Crippen LogP contribution in [0.25, 0.3) is 0 Å². The molecule has 122 valence electrons. The van der Waals surface area contributed by atoms with E-state index in [1.807, 2.05) is 0 Å². The molecule has 2 rings (SSSR count). The van der Waals surface area contributed by atoms with Gasteiger partial charge in [-0.1, -0.05) is 45.4 Å². The molecule has 0 radical (unpaired) electrons. The molecule has 0 aromatic carbocycles. The highest BCUT2D eigenvalue weighted by molar-refractivity contribution is 5.75. The number of nitrogens with one attached hydrogen (secondary N) is 1. The van der Waals surface area contributed by atoms with Crippen LogP contribution in [0.1, 0.15) is 77.6 Å². The molecule has 0 bridgehead atoms. The molecule has 2 saturated carbocycles. The summed E-state index contributed by atoms with van der Waals surface area (Å²) >= 11 is 0. The highest BCUT2D eigenvalue weighted by Gasteiger charge is 2.20. The predicted molar refractivity (Wildman–Crippen MR) is 87.9 cm³/mol. The average molecular weight is 294 g/mol. The molecule has 1 amide bonds. The number of amides is 1. The van der Waals surface area contributed by atoms with Gasteiger partial charge in [-0.3, -0.25) is 4.79 Å². The second-order valence-electron chi connectivity index (χ2n) is 7.60. The molecule has 2 fully saturated rings. The van der Waals surface area contributed by atoms with Gasteiger partial charge in [-0.2, -0.15) is 0 Å². The van der Waals surface area contributed by atoms with Crippen molar-refractivity contribution in [3.63, 3.8) is 0 Å². The van der Waals surface area contributed by atoms with E-state index >= 15 is 0 Å². The third-order valence-electron chi connectivity index (χ3n) is 5.61. The van der Waals surface area contributed by atoms with E-state index in [2.05, 4.69) is 12.2 Å². The largest absolute Gasteiger partial charge is 0.356 e. The van der Waals surface area contributed by atoms with Gasteiger partial charge in [0.2, 0.25) is 5.91 Å². The number of carbonyl (C=O) groups is 1. The lowest BCUT2D eigenvalue weighted by Gasteiger charge is -2.27. The van der Waals surface area contributed by atoms with Crippen molar-refractivity contribution in [3.05, 3.63) is 0 Å². The van der Waals surface area contributed by atoms with Gasteiger partial charge in [0, 0.05) is 19.0 Å². The topological polar surface area (TPSA) is 55.1 Å². The minimum absolute atomic E-state index is 0.248. The SMILES string of the molecule is CC1CCC(CCNC(=O)CCC2CCCC(N)C2)CC1. The molecule has 3 heteroatoms. The second kappa shape index (κ2) is 8.77. The van der Waals surface area contributed by atoms with E-state index in [1.165, 1.54) is 51.4 Å². The van der Waals surface area contributed by atoms with Crippen LogP contribution in [-0.4, -0.2) is 18.5 Å². The Balaban J connectivity index is 1.51. The van der Waals surface area contributed by atoms with Gasteiger partial charge in [-0.15, -0.1) is 0 Å². The Bertz CT molecular complexity index is 310. The second-order valence-corrected chi connectivity index (χ2v) is 7.60. The zero-order valence-electron chi connectivity index (χ0n) is 13.8. The maximum Gasteiger partial charge on any atom is 0.220 e. The highest BCUT2D eigenvalue weighted by Crippen LogP contribution is 2.30. The molecule has 21 heavy (non-hydrogen) atoms. The molecule has 0 spiro atoms. The average Bonchev–Trinajstić information content (AvgIpc) is 2.47. The first-order valence-corrected chi connectivity index (χ1v) is 9.15. The Labute approximate surface area is 130 Å². The van der Waals surface area contributed by atoms with Crippen LogP contribution in [0.2, 0.25) is 0 Å². The molecule has 2 aliphatic rings. The van der Waals surface area contributed by atoms with Crippen molar-refractivity contribution in [2.75, 3.05) is 6.54 Å². The smallest absolute Gasteiger partial charge is 0.220 e. The Kier molecular flexibility index (Phi) is 7.01. The van der Waals surface area contributed by atoms with E-state index in [1.54, 1.807) is 0 Å². The Morgan fingerprint density at radius 3 is 2.52 bits per heavy atom. The number of rotatable bonds is 6. The quantitative estimate of drug-likeness (QED) is 0.786. The van der Waals surface area contributed by atoms with Crippen LogP contribution in [0, 0.1) is 17.8 Å². The number of hydrogen-bond donors (Lipinski definition) is 2. The van der Waals surface area contributed by atoms with Gasteiger partial charge >= 0.3 is 0 Å². The van der Waals surface area contributed by atoms with E-state index in [-0.39, 0.29) is 5.91 Å². The Hall–Kier alpha value is -0.570. The first kappa shape index (κ1) is 16.8. The summed E-state index contributed by atoms with van der Waals surface area (Å²) in [6.45, 7) is 3.23. The van der Waals surface area contributed by atoms with Gasteiger partial charge in [0.25, 0.3) is 0 Å². The van der Waals surface area contributed by atoms with Crippen molar-refractivity contribution in [2.24, 2.45) is 23.5 Å². The molecule has 0 aromatic heterocycles. The van der Waals surface area contributed by atoms with Crippen LogP contribution in [-0.2, 0) is 4.79 Å². The number of nitrogens with two attached hydrogens (primary N) is 1. The van der Waals surface area contributed by atoms with Crippen LogP contribution < -0.4 is 11.1 Å². The summed E-state index contributed by atoms with van der Waals surface area (Å²) in [5.74, 6) is 2.69. The fraction of sp³-hybridized carbons (Fsp3) is 0.944. The van der Waals surface area contributed by atoms with Crippen LogP contribution in [0.15, 0.2) is 0 Å². The Morgan fingerprint density at radius 1 is 1.05 bits per heavy atom. The van der Waals surface area contributed by atoms with Crippen LogP contribution >= 0.6 is 0 Å². The minimum atomic E-state index is 0.248. The fourth-order valence-corrected chi connectivity index (χ4v) is 4.05. The summed E-state index contributed by atoms with van der Waals surface area (Å²) in [4.78, 5) is 11.9. The van der Waals surface area contributed by atoms with Crippen molar-refractivity contribution in [1.82, 2.24) is 5.32 Å². The Morgan fingerprint density at radius 2 is 1.81 bits per heavy atom. The van der Waals surface area contributed by atoms with Gasteiger partial charge in [0.15, 0.2) is 0 Å². The molecule has 2 unspecified atom stereocenters. The van der Waals surface area contributed by atoms with E-state index in [9.17, 15) is 4.79 Å². The lowest BCUT2D eigenvalue weighted by molar-refractivity contribution is -0.121. The molecular formula is C18H34N2O. The molecule has 0 saturated heterocycles. The maximum absolute atomic E-state index is 11.9. The number of carbonyl (C=O) groups excluding carboxylic acids is 1. The van der Waals surface area contributed by atoms with E-state index in [0.29, 0.717) is 18.4 Å². The molecule has 0 aliphatic heterocycles. The van der Waals surface area contributed by atoms with Gasteiger partial charge in [0.05, 0.1) is 0 Å². The van der Waals surface area contributed by atoms with E-state index in [4.69, 9.17) is 5.73 Å². The third-order valence-corrected chi connectivity index (χ3v) is 5.61. The van der Waals surface area contributed by atoms with Gasteiger partial charge in [-0.05, 0) is 43.4 Å². The lowest BCUT2D eigenvalue weighted by Crippen LogP contribution is -2.30. The molecule has 3 nitrogen and oxygen atoms in total. The summed E-state index contributed by atoms with van der Waals surface area (Å²) in [5, 5.41) is 3.12. The van der Waals surface area contributed by atoms with Gasteiger partial charge in [-0.25, -0.2) is 0 Å². The van der Waals surface area contributed by atoms with Crippen molar-refractivity contribution >= 4 is 5.91 Å². The summed E-state index contributed by atoms with van der Waals surface area (Å²) in [7, 11) is 0. The minimum Gasteiger partial charge on any atom is -0.356 e. The maximum atomic E-state index is 11.9. The molecular weight excluding hydrogens is 260 g/mol. The molecule has 0 heterocycles. The van der Waals surface area contributed by atoms with E-state index in [0.717, 1.165) is 31.2 Å². The van der Waals surface area contributed by atoms with Crippen molar-refractivity contribution in [3.8, 4) is 0 Å². The molecule has 0 aromatic rings. The fourth-order valence-electron chi connectivity index (χ4n) is 4.05. The predicted octanol–water partition coefficient (Wildman–Crippen LogP) is 3.62. The number of hydrogen-bond acceptors (Lipinski definition) is 2. The molecule has 3 N–H and O–H groups in total. The van der Waals surface area contributed by atoms with Crippen molar-refractivity contribution < 1.29 is 4.79 Å². The normalized spacial score (nSPS) is 33.6. The molecule has 2 aliphatic carbocycles. The monoisotopic (exact) mass is 294 g/mol. The van der Waals surface area contributed by atoms with Crippen molar-refractivity contribution in [2.45, 2.75) is 83.6 Å². The van der Waals surface area contributed by atoms with E-state index < -0.39 is 0 Å². The zero-order valence-corrected chi connectivity index (χ0v) is 13.8. The first-order chi connectivity index (χ1) is 10.1. The third kappa shape index (κ3) is 6.37. The van der Waals surface area contributed by atoms with Gasteiger partial charge < -0.3 is 11.1 Å². The summed E-state index contributed by atoms with van der Waals surface area (Å²) in [5.41, 5.74) is 6.00. The summed E-state index contributed by atoms with van der Waals surface area (Å²) in [6.07, 6.45) is 13.2. The lowest BCUT2D eigenvalue weighted by atomic mass is 9.81. The van der Waals surface area contributed by atoms with Crippen molar-refractivity contribution in [1.29, 1.82) is 0 Å². The first-order valence-electron chi connectivity index (χ1n) is 9.15. The summed E-state index contributed by atoms with van der Waals surface area (Å²) < 4.78 is 0. The van der Waals surface area contributed by atoms with Crippen LogP contribution in [0.4, 0.5) is 0 Å². The van der Waals surface area contributed by atoms with Gasteiger partial charge in [0.1, 0.15) is 0 Å². The zero-order chi connectivity index (χ0) is 15.1. The molecule has 2 atom stereocenters. The summed E-state index contributed by atoms with van der Waals surface area (Å²) in [6, 6.07) is 0.375. The standard InChI is InChI=1S/C18H34N2O/c1-14-5-7-15(8-6-14)11-12-20-18(21)10-9-16-3-2-4-17(19)13-16/h14-17H,2-13,19H2,1H3,(H,20,21). The highest BCUT2D eigenvalue weighted by atomic mass is 16.1. The van der Waals surface area contributed by atoms with Crippen LogP contribution in [0.3, 0.4) is 0 Å². The van der Waals surface area contributed by atoms with Crippen LogP contribution in [0.5, 0.6) is 0 Å².